The molecule has 2 aromatic rings. The fourth-order valence-corrected chi connectivity index (χ4v) is 3.11. The van der Waals surface area contributed by atoms with E-state index in [0.29, 0.717) is 23.5 Å². The Morgan fingerprint density at radius 2 is 2.14 bits per heavy atom. The first kappa shape index (κ1) is 20.2. The topological polar surface area (TPSA) is 148 Å². The monoisotopic (exact) mass is 390 g/mol. The number of nitrogens with one attached hydrogen (secondary N) is 1. The molecule has 5 N–H and O–H groups in total. The van der Waals surface area contributed by atoms with Gasteiger partial charge in [0, 0.05) is 6.54 Å². The first-order chi connectivity index (χ1) is 13.5. The molecule has 2 aromatic heterocycles. The number of fused-ring (bicyclic) bond motifs is 1. The molecule has 152 valence electrons. The van der Waals surface area contributed by atoms with Crippen molar-refractivity contribution in [2.45, 2.75) is 57.6 Å². The minimum atomic E-state index is -1.37. The van der Waals surface area contributed by atoms with Crippen LogP contribution in [0.5, 0.6) is 0 Å². The third-order valence-corrected chi connectivity index (χ3v) is 4.58. The Morgan fingerprint density at radius 1 is 1.36 bits per heavy atom. The number of nitrogen functional groups attached to an aromatic ring is 1. The van der Waals surface area contributed by atoms with Crippen molar-refractivity contribution in [1.82, 2.24) is 24.8 Å². The molecule has 3 heterocycles. The lowest BCUT2D eigenvalue weighted by atomic mass is 10.1. The van der Waals surface area contributed by atoms with Gasteiger partial charge in [0.25, 0.3) is 5.91 Å². The third-order valence-electron chi connectivity index (χ3n) is 4.58. The molecular weight excluding hydrogens is 364 g/mol. The zero-order valence-electron chi connectivity index (χ0n) is 15.9. The molecule has 10 heteroatoms. The minimum Gasteiger partial charge on any atom is -0.387 e. The summed E-state index contributed by atoms with van der Waals surface area (Å²) in [5, 5.41) is 23.2. The second-order valence-corrected chi connectivity index (χ2v) is 6.66. The minimum absolute atomic E-state index is 0.201. The van der Waals surface area contributed by atoms with E-state index in [1.807, 2.05) is 6.08 Å². The molecule has 1 aliphatic rings. The zero-order valence-corrected chi connectivity index (χ0v) is 15.9. The Balaban J connectivity index is 1.91. The molecule has 0 spiro atoms. The number of allylic oxidation sites excluding steroid dienone is 1. The number of ether oxygens (including phenoxy) is 1. The molecule has 1 aliphatic heterocycles. The standard InChI is InChI=1S/C18H26N6O4/c1-3-5-6-7-8-10-22-15(19)11-16(23-10)24(9-21-11)18-13(26)12(25)14(28-18)17(27)20-4-2/h7-9,12-14,18,25-26H,3-6H2,1-2H3,(H,20,27)(H2,19,22,23)/b8-7-. The molecule has 1 fully saturated rings. The van der Waals surface area contributed by atoms with Crippen LogP contribution in [0.2, 0.25) is 0 Å². The van der Waals surface area contributed by atoms with Gasteiger partial charge >= 0.3 is 0 Å². The molecule has 28 heavy (non-hydrogen) atoms. The molecule has 10 nitrogen and oxygen atoms in total. The van der Waals surface area contributed by atoms with Crippen molar-refractivity contribution < 1.29 is 19.7 Å². The Bertz CT molecular complexity index is 867. The van der Waals surface area contributed by atoms with E-state index in [0.717, 1.165) is 19.3 Å². The van der Waals surface area contributed by atoms with E-state index < -0.39 is 30.4 Å². The van der Waals surface area contributed by atoms with Crippen LogP contribution in [-0.4, -0.2) is 60.5 Å². The number of aromatic nitrogens is 4. The summed E-state index contributed by atoms with van der Waals surface area (Å²) in [5.41, 5.74) is 6.71. The Kier molecular flexibility index (Phi) is 6.22. The van der Waals surface area contributed by atoms with Gasteiger partial charge in [-0.05, 0) is 19.4 Å². The molecule has 0 aliphatic carbocycles. The first-order valence-electron chi connectivity index (χ1n) is 9.43. The summed E-state index contributed by atoms with van der Waals surface area (Å²) in [7, 11) is 0. The summed E-state index contributed by atoms with van der Waals surface area (Å²) >= 11 is 0. The maximum absolute atomic E-state index is 12.1. The first-order valence-corrected chi connectivity index (χ1v) is 9.43. The van der Waals surface area contributed by atoms with Crippen LogP contribution in [0.1, 0.15) is 45.2 Å². The highest BCUT2D eigenvalue weighted by Crippen LogP contribution is 2.32. The van der Waals surface area contributed by atoms with E-state index >= 15 is 0 Å². The van der Waals surface area contributed by atoms with E-state index in [9.17, 15) is 15.0 Å². The largest absolute Gasteiger partial charge is 0.387 e. The van der Waals surface area contributed by atoms with Crippen LogP contribution in [0.15, 0.2) is 12.4 Å². The lowest BCUT2D eigenvalue weighted by molar-refractivity contribution is -0.137. The number of rotatable bonds is 7. The smallest absolute Gasteiger partial charge is 0.252 e. The Hall–Kier alpha value is -2.56. The number of unbranched alkanes of at least 4 members (excludes halogenated alkanes) is 2. The predicted octanol–water partition coefficient (Wildman–Crippen LogP) is 0.367. The maximum Gasteiger partial charge on any atom is 0.252 e. The van der Waals surface area contributed by atoms with E-state index in [1.54, 1.807) is 13.0 Å². The predicted molar refractivity (Wildman–Crippen MR) is 103 cm³/mol. The van der Waals surface area contributed by atoms with Crippen molar-refractivity contribution in [3.63, 3.8) is 0 Å². The van der Waals surface area contributed by atoms with Crippen molar-refractivity contribution in [3.05, 3.63) is 18.2 Å². The number of nitrogens with two attached hydrogens (primary N) is 1. The summed E-state index contributed by atoms with van der Waals surface area (Å²) in [6.45, 7) is 4.26. The highest BCUT2D eigenvalue weighted by Gasteiger charge is 2.47. The summed E-state index contributed by atoms with van der Waals surface area (Å²) in [6.07, 6.45) is 3.29. The molecule has 0 saturated carbocycles. The van der Waals surface area contributed by atoms with Crippen LogP contribution < -0.4 is 11.1 Å². The number of carbonyl (C=O) groups excluding carboxylic acids is 1. The summed E-state index contributed by atoms with van der Waals surface area (Å²) < 4.78 is 7.10. The van der Waals surface area contributed by atoms with Gasteiger partial charge in [-0.3, -0.25) is 9.36 Å². The van der Waals surface area contributed by atoms with E-state index in [1.165, 1.54) is 10.9 Å². The van der Waals surface area contributed by atoms with Gasteiger partial charge in [0.1, 0.15) is 17.7 Å². The number of aliphatic hydroxyl groups excluding tert-OH is 2. The number of nitrogens with zero attached hydrogens (tertiary/aromatic N) is 4. The molecule has 1 amide bonds. The number of hydrogen-bond donors (Lipinski definition) is 4. The highest BCUT2D eigenvalue weighted by atomic mass is 16.6. The Labute approximate surface area is 162 Å². The fraction of sp³-hybridized carbons (Fsp3) is 0.556. The lowest BCUT2D eigenvalue weighted by Crippen LogP contribution is -2.42. The van der Waals surface area contributed by atoms with E-state index in [-0.39, 0.29) is 5.82 Å². The maximum atomic E-state index is 12.1. The van der Waals surface area contributed by atoms with Crippen LogP contribution in [0.4, 0.5) is 5.82 Å². The molecule has 0 radical (unpaired) electrons. The number of anilines is 1. The van der Waals surface area contributed by atoms with Crippen LogP contribution in [-0.2, 0) is 9.53 Å². The zero-order chi connectivity index (χ0) is 20.3. The van der Waals surface area contributed by atoms with Gasteiger partial charge < -0.3 is 26.0 Å². The van der Waals surface area contributed by atoms with Crippen molar-refractivity contribution in [1.29, 1.82) is 0 Å². The van der Waals surface area contributed by atoms with Gasteiger partial charge in [0.05, 0.1) is 6.33 Å². The Morgan fingerprint density at radius 3 is 2.86 bits per heavy atom. The molecular formula is C18H26N6O4. The van der Waals surface area contributed by atoms with Crippen molar-refractivity contribution in [3.8, 4) is 0 Å². The van der Waals surface area contributed by atoms with Gasteiger partial charge in [-0.1, -0.05) is 25.8 Å². The number of likely N-dealkylation sites (N-methyl/N-ethyl adjacent to an activating group) is 1. The molecule has 1 saturated heterocycles. The highest BCUT2D eigenvalue weighted by molar-refractivity contribution is 5.83. The summed E-state index contributed by atoms with van der Waals surface area (Å²) in [5.74, 6) is 0.123. The van der Waals surface area contributed by atoms with E-state index in [2.05, 4.69) is 27.2 Å². The summed E-state index contributed by atoms with van der Waals surface area (Å²) in [4.78, 5) is 24.9. The van der Waals surface area contributed by atoms with Gasteiger partial charge in [0.2, 0.25) is 0 Å². The third kappa shape index (κ3) is 3.84. The van der Waals surface area contributed by atoms with Crippen LogP contribution in [0, 0.1) is 0 Å². The average Bonchev–Trinajstić information content (AvgIpc) is 3.21. The normalized spacial score (nSPS) is 25.0. The second kappa shape index (κ2) is 8.63. The molecule has 4 atom stereocenters. The number of hydrogen-bond acceptors (Lipinski definition) is 8. The van der Waals surface area contributed by atoms with Crippen molar-refractivity contribution in [2.75, 3.05) is 12.3 Å². The SMILES string of the molecule is CCCC/C=C\c1nc(N)c2ncn(C3OC(C(=O)NCC)C(O)C3O)c2n1. The molecule has 0 aromatic carbocycles. The molecule has 4 unspecified atom stereocenters. The number of aliphatic hydroxyl groups is 2. The quantitative estimate of drug-likeness (QED) is 0.496. The van der Waals surface area contributed by atoms with Gasteiger partial charge in [0.15, 0.2) is 29.6 Å². The number of carbonyl (C=O) groups is 1. The second-order valence-electron chi connectivity index (χ2n) is 6.66. The average molecular weight is 390 g/mol. The number of imidazole rings is 1. The molecule has 0 bridgehead atoms. The van der Waals surface area contributed by atoms with Crippen LogP contribution >= 0.6 is 0 Å². The van der Waals surface area contributed by atoms with E-state index in [4.69, 9.17) is 10.5 Å². The van der Waals surface area contributed by atoms with Gasteiger partial charge in [-0.15, -0.1) is 0 Å². The van der Waals surface area contributed by atoms with Gasteiger partial charge in [-0.2, -0.15) is 0 Å². The fourth-order valence-electron chi connectivity index (χ4n) is 3.11. The van der Waals surface area contributed by atoms with Crippen LogP contribution in [0.3, 0.4) is 0 Å². The van der Waals surface area contributed by atoms with Crippen molar-refractivity contribution in [2.24, 2.45) is 0 Å². The molecule has 3 rings (SSSR count). The van der Waals surface area contributed by atoms with Crippen LogP contribution in [0.25, 0.3) is 17.2 Å². The lowest BCUT2D eigenvalue weighted by Gasteiger charge is -2.16. The summed E-state index contributed by atoms with van der Waals surface area (Å²) in [6, 6.07) is 0. The van der Waals surface area contributed by atoms with Gasteiger partial charge in [-0.25, -0.2) is 15.0 Å². The number of amides is 1. The van der Waals surface area contributed by atoms with Crippen molar-refractivity contribution >= 4 is 29.0 Å².